The van der Waals surface area contributed by atoms with Crippen LogP contribution in [-0.2, 0) is 6.61 Å². The summed E-state index contributed by atoms with van der Waals surface area (Å²) in [5.41, 5.74) is 6.35. The normalized spacial score (nSPS) is 19.7. The van der Waals surface area contributed by atoms with Gasteiger partial charge in [0, 0.05) is 5.56 Å². The molecule has 0 aromatic heterocycles. The number of nitrogens with zero attached hydrogens (tertiary/aromatic N) is 1. The van der Waals surface area contributed by atoms with Gasteiger partial charge in [0.25, 0.3) is 0 Å². The van der Waals surface area contributed by atoms with E-state index in [2.05, 4.69) is 10.5 Å². The van der Waals surface area contributed by atoms with Crippen LogP contribution in [0.1, 0.15) is 22.7 Å². The Morgan fingerprint density at radius 1 is 0.933 bits per heavy atom. The number of rotatable bonds is 5. The van der Waals surface area contributed by atoms with Gasteiger partial charge in [-0.1, -0.05) is 48.5 Å². The van der Waals surface area contributed by atoms with Crippen LogP contribution < -0.4 is 19.6 Å². The summed E-state index contributed by atoms with van der Waals surface area (Å²) in [6.07, 6.45) is -0.825. The second kappa shape index (κ2) is 8.08. The number of aliphatic hydroxyl groups excluding tert-OH is 1. The minimum atomic E-state index is -0.825. The maximum atomic E-state index is 11.0. The van der Waals surface area contributed by atoms with Gasteiger partial charge in [-0.25, -0.2) is 0 Å². The molecule has 0 bridgehead atoms. The van der Waals surface area contributed by atoms with Crippen LogP contribution in [0.25, 0.3) is 0 Å². The fraction of sp³-hybridized carbons (Fsp3) is 0.208. The molecule has 0 unspecified atom stereocenters. The maximum Gasteiger partial charge on any atom is 0.161 e. The molecular weight excluding hydrogens is 380 g/mol. The molecule has 0 aliphatic carbocycles. The van der Waals surface area contributed by atoms with Crippen LogP contribution in [0, 0.1) is 0 Å². The summed E-state index contributed by atoms with van der Waals surface area (Å²) in [6, 6.07) is 22.9. The highest BCUT2D eigenvalue weighted by Crippen LogP contribution is 2.35. The van der Waals surface area contributed by atoms with Crippen LogP contribution in [-0.4, -0.2) is 30.1 Å². The molecule has 0 amide bonds. The van der Waals surface area contributed by atoms with E-state index >= 15 is 0 Å². The molecule has 2 heterocycles. The highest BCUT2D eigenvalue weighted by Gasteiger charge is 2.34. The zero-order chi connectivity index (χ0) is 20.3. The van der Waals surface area contributed by atoms with Gasteiger partial charge in [-0.3, -0.25) is 5.43 Å². The molecule has 2 aliphatic rings. The van der Waals surface area contributed by atoms with Crippen molar-refractivity contribution in [1.82, 2.24) is 5.43 Å². The lowest BCUT2D eigenvalue weighted by Crippen LogP contribution is -2.27. The summed E-state index contributed by atoms with van der Waals surface area (Å²) in [5.74, 6) is 2.09. The molecule has 3 aromatic carbocycles. The fourth-order valence-electron chi connectivity index (χ4n) is 3.70. The predicted octanol–water partition coefficient (Wildman–Crippen LogP) is 3.45. The maximum absolute atomic E-state index is 11.0. The Morgan fingerprint density at radius 3 is 2.57 bits per heavy atom. The number of hydrogen-bond acceptors (Lipinski definition) is 6. The van der Waals surface area contributed by atoms with Gasteiger partial charge in [0.1, 0.15) is 43.4 Å². The standard InChI is InChI=1S/C24H22N2O4/c27-24-22(17-10-11-20-21(14-17)29-13-12-28-20)25-26-23(24)18-8-4-5-9-19(18)30-15-16-6-2-1-3-7-16/h1-11,14,22,24-25,27H,12-13,15H2/t22-,24-/m1/s1. The molecule has 0 radical (unpaired) electrons. The van der Waals surface area contributed by atoms with Crippen molar-refractivity contribution >= 4 is 5.71 Å². The molecule has 0 saturated carbocycles. The van der Waals surface area contributed by atoms with Crippen molar-refractivity contribution < 1.29 is 19.3 Å². The Morgan fingerprint density at radius 2 is 1.70 bits per heavy atom. The first-order valence-electron chi connectivity index (χ1n) is 9.96. The number of fused-ring (bicyclic) bond motifs is 1. The number of nitrogens with one attached hydrogen (secondary N) is 1. The third-order valence-corrected chi connectivity index (χ3v) is 5.25. The monoisotopic (exact) mass is 402 g/mol. The third kappa shape index (κ3) is 3.57. The van der Waals surface area contributed by atoms with E-state index in [0.29, 0.717) is 37.0 Å². The predicted molar refractivity (Wildman–Crippen MR) is 113 cm³/mol. The minimum Gasteiger partial charge on any atom is -0.488 e. The highest BCUT2D eigenvalue weighted by molar-refractivity contribution is 6.07. The molecule has 152 valence electrons. The van der Waals surface area contributed by atoms with Gasteiger partial charge in [0.05, 0.1) is 0 Å². The average molecular weight is 402 g/mol. The van der Waals surface area contributed by atoms with E-state index in [1.165, 1.54) is 0 Å². The summed E-state index contributed by atoms with van der Waals surface area (Å²) >= 11 is 0. The highest BCUT2D eigenvalue weighted by atomic mass is 16.6. The van der Waals surface area contributed by atoms with Crippen molar-refractivity contribution in [3.8, 4) is 17.2 Å². The molecule has 0 saturated heterocycles. The van der Waals surface area contributed by atoms with E-state index in [4.69, 9.17) is 14.2 Å². The molecule has 2 N–H and O–H groups in total. The Bertz CT molecular complexity index is 1070. The zero-order valence-electron chi connectivity index (χ0n) is 16.3. The lowest BCUT2D eigenvalue weighted by molar-refractivity contribution is 0.170. The lowest BCUT2D eigenvalue weighted by Gasteiger charge is -2.22. The summed E-state index contributed by atoms with van der Waals surface area (Å²) in [6.45, 7) is 1.51. The SMILES string of the molecule is O[C@H]1C(c2ccccc2OCc2ccccc2)=NN[C@@H]1c1ccc2c(c1)OCCO2. The molecule has 3 aromatic rings. The van der Waals surface area contributed by atoms with Crippen molar-refractivity contribution in [3.05, 3.63) is 89.5 Å². The van der Waals surface area contributed by atoms with Crippen molar-refractivity contribution in [1.29, 1.82) is 0 Å². The number of para-hydroxylation sites is 1. The smallest absolute Gasteiger partial charge is 0.161 e. The van der Waals surface area contributed by atoms with Crippen LogP contribution >= 0.6 is 0 Å². The minimum absolute atomic E-state index is 0.377. The topological polar surface area (TPSA) is 72.3 Å². The van der Waals surface area contributed by atoms with Gasteiger partial charge in [-0.15, -0.1) is 0 Å². The first-order valence-corrected chi connectivity index (χ1v) is 9.96. The van der Waals surface area contributed by atoms with Gasteiger partial charge in [-0.2, -0.15) is 5.10 Å². The molecular formula is C24H22N2O4. The first-order chi connectivity index (χ1) is 14.8. The van der Waals surface area contributed by atoms with Crippen molar-refractivity contribution in [2.24, 2.45) is 5.10 Å². The first kappa shape index (κ1) is 18.5. The Balaban J connectivity index is 1.36. The van der Waals surface area contributed by atoms with E-state index < -0.39 is 6.10 Å². The number of ether oxygens (including phenoxy) is 3. The van der Waals surface area contributed by atoms with Gasteiger partial charge in [0.2, 0.25) is 0 Å². The fourth-order valence-corrected chi connectivity index (χ4v) is 3.70. The van der Waals surface area contributed by atoms with E-state index in [1.54, 1.807) is 0 Å². The molecule has 2 atom stereocenters. The second-order valence-corrected chi connectivity index (χ2v) is 7.22. The Hall–Kier alpha value is -3.51. The van der Waals surface area contributed by atoms with E-state index in [0.717, 1.165) is 22.4 Å². The Kier molecular flexibility index (Phi) is 4.99. The average Bonchev–Trinajstić information content (AvgIpc) is 3.19. The van der Waals surface area contributed by atoms with Crippen molar-refractivity contribution in [3.63, 3.8) is 0 Å². The Labute approximate surface area is 174 Å². The van der Waals surface area contributed by atoms with Crippen LogP contribution in [0.5, 0.6) is 17.2 Å². The number of hydrazone groups is 1. The van der Waals surface area contributed by atoms with Gasteiger partial charge >= 0.3 is 0 Å². The van der Waals surface area contributed by atoms with Crippen LogP contribution in [0.3, 0.4) is 0 Å². The molecule has 5 rings (SSSR count). The van der Waals surface area contributed by atoms with Crippen LogP contribution in [0.15, 0.2) is 77.9 Å². The van der Waals surface area contributed by atoms with E-state index in [9.17, 15) is 5.11 Å². The number of hydrogen-bond donors (Lipinski definition) is 2. The summed E-state index contributed by atoms with van der Waals surface area (Å²) in [5, 5.41) is 15.5. The quantitative estimate of drug-likeness (QED) is 0.684. The molecule has 6 heteroatoms. The zero-order valence-corrected chi connectivity index (χ0v) is 16.3. The van der Waals surface area contributed by atoms with Crippen LogP contribution in [0.4, 0.5) is 0 Å². The van der Waals surface area contributed by atoms with Gasteiger partial charge < -0.3 is 19.3 Å². The van der Waals surface area contributed by atoms with E-state index in [-0.39, 0.29) is 6.04 Å². The molecule has 30 heavy (non-hydrogen) atoms. The third-order valence-electron chi connectivity index (χ3n) is 5.25. The van der Waals surface area contributed by atoms with E-state index in [1.807, 2.05) is 72.8 Å². The van der Waals surface area contributed by atoms with Gasteiger partial charge in [-0.05, 0) is 35.4 Å². The summed E-state index contributed by atoms with van der Waals surface area (Å²) in [4.78, 5) is 0. The second-order valence-electron chi connectivity index (χ2n) is 7.22. The largest absolute Gasteiger partial charge is 0.488 e. The van der Waals surface area contributed by atoms with Gasteiger partial charge in [0.15, 0.2) is 11.5 Å². The lowest BCUT2D eigenvalue weighted by atomic mass is 9.95. The molecule has 0 spiro atoms. The molecule has 6 nitrogen and oxygen atoms in total. The number of aliphatic hydroxyl groups is 1. The summed E-state index contributed by atoms with van der Waals surface area (Å²) in [7, 11) is 0. The van der Waals surface area contributed by atoms with Crippen LogP contribution in [0.2, 0.25) is 0 Å². The number of benzene rings is 3. The van der Waals surface area contributed by atoms with Crippen molar-refractivity contribution in [2.45, 2.75) is 18.8 Å². The molecule has 2 aliphatic heterocycles. The summed E-state index contributed by atoms with van der Waals surface area (Å²) < 4.78 is 17.3. The van der Waals surface area contributed by atoms with Crippen molar-refractivity contribution in [2.75, 3.05) is 13.2 Å². The molecule has 0 fully saturated rings.